The zero-order valence-corrected chi connectivity index (χ0v) is 15.2. The van der Waals surface area contributed by atoms with Crippen LogP contribution in [0.1, 0.15) is 16.1 Å². The molecule has 0 aliphatic carbocycles. The Balaban J connectivity index is 1.99. The van der Waals surface area contributed by atoms with E-state index < -0.39 is 17.2 Å². The summed E-state index contributed by atoms with van der Waals surface area (Å²) >= 11 is 3.30. The van der Waals surface area contributed by atoms with Crippen LogP contribution in [-0.4, -0.2) is 25.9 Å². The normalized spacial score (nSPS) is 10.5. The van der Waals surface area contributed by atoms with E-state index in [1.807, 2.05) is 0 Å². The Labute approximate surface area is 156 Å². The average molecular weight is 416 g/mol. The number of amides is 1. The highest BCUT2D eigenvalue weighted by atomic mass is 79.9. The molecule has 0 aliphatic rings. The van der Waals surface area contributed by atoms with Gasteiger partial charge in [-0.15, -0.1) is 0 Å². The van der Waals surface area contributed by atoms with Crippen LogP contribution in [0.15, 0.2) is 57.8 Å². The Morgan fingerprint density at radius 1 is 1.12 bits per heavy atom. The molecule has 1 heterocycles. The number of aromatic hydroxyl groups is 2. The molecule has 0 spiro atoms. The Hall–Kier alpha value is -3.13. The first-order chi connectivity index (χ1) is 12.3. The van der Waals surface area contributed by atoms with E-state index in [0.29, 0.717) is 16.9 Å². The van der Waals surface area contributed by atoms with E-state index in [2.05, 4.69) is 26.3 Å². The van der Waals surface area contributed by atoms with Crippen LogP contribution in [0.5, 0.6) is 11.5 Å². The summed E-state index contributed by atoms with van der Waals surface area (Å²) in [6.45, 7) is 1.71. The minimum absolute atomic E-state index is 0.0743. The third kappa shape index (κ3) is 3.60. The second-order valence-electron chi connectivity index (χ2n) is 5.56. The first kappa shape index (κ1) is 17.7. The molecule has 7 nitrogen and oxygen atoms in total. The number of aryl methyl sites for hydroxylation is 1. The van der Waals surface area contributed by atoms with Crippen molar-refractivity contribution in [3.05, 3.63) is 74.6 Å². The Morgan fingerprint density at radius 3 is 2.46 bits per heavy atom. The van der Waals surface area contributed by atoms with Crippen LogP contribution < -0.4 is 10.9 Å². The second kappa shape index (κ2) is 7.01. The predicted molar refractivity (Wildman–Crippen MR) is 100.0 cm³/mol. The summed E-state index contributed by atoms with van der Waals surface area (Å²) in [6.07, 6.45) is 0. The van der Waals surface area contributed by atoms with Crippen molar-refractivity contribution in [2.75, 3.05) is 5.32 Å². The van der Waals surface area contributed by atoms with E-state index in [1.165, 1.54) is 18.2 Å². The van der Waals surface area contributed by atoms with Gasteiger partial charge in [-0.05, 0) is 55.0 Å². The molecule has 26 heavy (non-hydrogen) atoms. The number of carbonyl (C=O) groups excluding carboxylic acids is 1. The van der Waals surface area contributed by atoms with Crippen LogP contribution in [0.2, 0.25) is 0 Å². The molecule has 3 N–H and O–H groups in total. The SMILES string of the molecule is Cc1cc(O)ccc1NC(=O)c1nn(-c2ccc(Br)cc2)c(=O)cc1O. The summed E-state index contributed by atoms with van der Waals surface area (Å²) in [4.78, 5) is 24.6. The van der Waals surface area contributed by atoms with Crippen LogP contribution in [-0.2, 0) is 0 Å². The number of anilines is 1. The van der Waals surface area contributed by atoms with Crippen molar-refractivity contribution < 1.29 is 15.0 Å². The van der Waals surface area contributed by atoms with Gasteiger partial charge >= 0.3 is 0 Å². The second-order valence-corrected chi connectivity index (χ2v) is 6.47. The molecule has 132 valence electrons. The Bertz CT molecular complexity index is 1050. The topological polar surface area (TPSA) is 104 Å². The molecule has 0 fully saturated rings. The maximum atomic E-state index is 12.5. The fraction of sp³-hybridized carbons (Fsp3) is 0.0556. The average Bonchev–Trinajstić information content (AvgIpc) is 2.58. The maximum absolute atomic E-state index is 12.5. The largest absolute Gasteiger partial charge is 0.508 e. The van der Waals surface area contributed by atoms with Gasteiger partial charge in [-0.3, -0.25) is 9.59 Å². The summed E-state index contributed by atoms with van der Waals surface area (Å²) in [6, 6.07) is 12.2. The van der Waals surface area contributed by atoms with Gasteiger partial charge in [0.2, 0.25) is 0 Å². The van der Waals surface area contributed by atoms with Gasteiger partial charge in [0.15, 0.2) is 11.4 Å². The van der Waals surface area contributed by atoms with Gasteiger partial charge in [0, 0.05) is 16.2 Å². The number of phenolic OH excluding ortho intramolecular Hbond substituents is 1. The van der Waals surface area contributed by atoms with Crippen molar-refractivity contribution in [3.63, 3.8) is 0 Å². The van der Waals surface area contributed by atoms with Gasteiger partial charge in [-0.1, -0.05) is 15.9 Å². The Kier molecular flexibility index (Phi) is 4.77. The summed E-state index contributed by atoms with van der Waals surface area (Å²) < 4.78 is 1.86. The number of halogens is 1. The highest BCUT2D eigenvalue weighted by Crippen LogP contribution is 2.22. The van der Waals surface area contributed by atoms with Crippen LogP contribution >= 0.6 is 15.9 Å². The first-order valence-corrected chi connectivity index (χ1v) is 8.35. The number of benzene rings is 2. The van der Waals surface area contributed by atoms with Gasteiger partial charge in [0.05, 0.1) is 5.69 Å². The Morgan fingerprint density at radius 2 is 1.81 bits per heavy atom. The van der Waals surface area contributed by atoms with Crippen molar-refractivity contribution in [2.45, 2.75) is 6.92 Å². The van der Waals surface area contributed by atoms with Gasteiger partial charge in [0.25, 0.3) is 11.5 Å². The van der Waals surface area contributed by atoms with Crippen LogP contribution in [0.25, 0.3) is 5.69 Å². The van der Waals surface area contributed by atoms with Crippen molar-refractivity contribution in [1.29, 1.82) is 0 Å². The minimum atomic E-state index is -0.679. The number of phenols is 1. The van der Waals surface area contributed by atoms with Crippen molar-refractivity contribution in [3.8, 4) is 17.2 Å². The summed E-state index contributed by atoms with van der Waals surface area (Å²) in [5, 5.41) is 26.0. The molecule has 0 aliphatic heterocycles. The molecule has 0 atom stereocenters. The van der Waals surface area contributed by atoms with E-state index in [4.69, 9.17) is 0 Å². The zero-order valence-electron chi connectivity index (χ0n) is 13.6. The van der Waals surface area contributed by atoms with E-state index in [9.17, 15) is 19.8 Å². The molecule has 8 heteroatoms. The van der Waals surface area contributed by atoms with Crippen molar-refractivity contribution >= 4 is 27.5 Å². The zero-order chi connectivity index (χ0) is 18.8. The molecule has 3 aromatic rings. The number of nitrogens with zero attached hydrogens (tertiary/aromatic N) is 2. The number of nitrogens with one attached hydrogen (secondary N) is 1. The maximum Gasteiger partial charge on any atom is 0.279 e. The molecule has 1 amide bonds. The number of rotatable bonds is 3. The molecular weight excluding hydrogens is 402 g/mol. The fourth-order valence-corrected chi connectivity index (χ4v) is 2.61. The number of carbonyl (C=O) groups is 1. The lowest BCUT2D eigenvalue weighted by Crippen LogP contribution is -2.25. The lowest BCUT2D eigenvalue weighted by Gasteiger charge is -2.11. The summed E-state index contributed by atoms with van der Waals surface area (Å²) in [5.74, 6) is -1.12. The molecule has 2 aromatic carbocycles. The van der Waals surface area contributed by atoms with Gasteiger partial charge in [-0.2, -0.15) is 9.78 Å². The van der Waals surface area contributed by atoms with Gasteiger partial charge in [0.1, 0.15) is 5.75 Å². The molecule has 0 saturated heterocycles. The monoisotopic (exact) mass is 415 g/mol. The predicted octanol–water partition coefficient (Wildman–Crippen LogP) is 2.97. The van der Waals surface area contributed by atoms with Crippen molar-refractivity contribution in [2.24, 2.45) is 0 Å². The standard InChI is InChI=1S/C18H14BrN3O4/c1-10-8-13(23)6-7-14(10)20-18(26)17-15(24)9-16(25)22(21-17)12-4-2-11(19)3-5-12/h2-9,23-24H,1H3,(H,20,26). The van der Waals surface area contributed by atoms with Gasteiger partial charge < -0.3 is 15.5 Å². The fourth-order valence-electron chi connectivity index (χ4n) is 2.35. The lowest BCUT2D eigenvalue weighted by atomic mass is 10.2. The number of hydrogen-bond donors (Lipinski definition) is 3. The molecule has 0 saturated carbocycles. The number of aromatic nitrogens is 2. The van der Waals surface area contributed by atoms with E-state index in [-0.39, 0.29) is 11.4 Å². The summed E-state index contributed by atoms with van der Waals surface area (Å²) in [7, 11) is 0. The third-order valence-corrected chi connectivity index (χ3v) is 4.18. The van der Waals surface area contributed by atoms with Crippen molar-refractivity contribution in [1.82, 2.24) is 9.78 Å². The third-order valence-electron chi connectivity index (χ3n) is 3.66. The quantitative estimate of drug-likeness (QED) is 0.570. The lowest BCUT2D eigenvalue weighted by molar-refractivity contribution is 0.101. The van der Waals surface area contributed by atoms with Crippen LogP contribution in [0.4, 0.5) is 5.69 Å². The highest BCUT2D eigenvalue weighted by Gasteiger charge is 2.18. The van der Waals surface area contributed by atoms with E-state index in [0.717, 1.165) is 15.2 Å². The first-order valence-electron chi connectivity index (χ1n) is 7.55. The minimum Gasteiger partial charge on any atom is -0.508 e. The molecule has 0 bridgehead atoms. The van der Waals surface area contributed by atoms with Gasteiger partial charge in [-0.25, -0.2) is 0 Å². The summed E-state index contributed by atoms with van der Waals surface area (Å²) in [5.41, 5.74) is 0.685. The molecule has 3 rings (SSSR count). The molecule has 1 aromatic heterocycles. The molecule has 0 unspecified atom stereocenters. The molecular formula is C18H14BrN3O4. The van der Waals surface area contributed by atoms with Crippen LogP contribution in [0.3, 0.4) is 0 Å². The van der Waals surface area contributed by atoms with E-state index in [1.54, 1.807) is 31.2 Å². The smallest absolute Gasteiger partial charge is 0.279 e. The van der Waals surface area contributed by atoms with Crippen LogP contribution in [0, 0.1) is 6.92 Å². The molecule has 0 radical (unpaired) electrons. The van der Waals surface area contributed by atoms with E-state index >= 15 is 0 Å². The number of hydrogen-bond acceptors (Lipinski definition) is 5. The highest BCUT2D eigenvalue weighted by molar-refractivity contribution is 9.10.